The summed E-state index contributed by atoms with van der Waals surface area (Å²) in [6, 6.07) is 15.4. The largest absolute Gasteiger partial charge is 0.494 e. The summed E-state index contributed by atoms with van der Waals surface area (Å²) in [5, 5.41) is 4.26. The highest BCUT2D eigenvalue weighted by molar-refractivity contribution is 5.94. The Morgan fingerprint density at radius 2 is 1.84 bits per heavy atom. The summed E-state index contributed by atoms with van der Waals surface area (Å²) in [6.07, 6.45) is 3.46. The molecule has 2 aromatic carbocycles. The number of aryl methyl sites for hydroxylation is 2. The summed E-state index contributed by atoms with van der Waals surface area (Å²) in [5.74, 6) is 1.97. The van der Waals surface area contributed by atoms with Gasteiger partial charge in [0.15, 0.2) is 5.82 Å². The van der Waals surface area contributed by atoms with Crippen molar-refractivity contribution in [3.05, 3.63) is 71.4 Å². The van der Waals surface area contributed by atoms with E-state index in [1.165, 1.54) is 0 Å². The van der Waals surface area contributed by atoms with Gasteiger partial charge >= 0.3 is 5.69 Å². The molecule has 0 unspecified atom stereocenters. The van der Waals surface area contributed by atoms with Crippen LogP contribution in [0.3, 0.4) is 0 Å². The van der Waals surface area contributed by atoms with Crippen LogP contribution in [0.2, 0.25) is 0 Å². The number of nitrogens with zero attached hydrogens (tertiary/aromatic N) is 5. The lowest BCUT2D eigenvalue weighted by Crippen LogP contribution is -2.19. The topological polar surface area (TPSA) is 86.9 Å². The summed E-state index contributed by atoms with van der Waals surface area (Å²) < 4.78 is 8.95. The van der Waals surface area contributed by atoms with Gasteiger partial charge in [0.25, 0.3) is 0 Å². The van der Waals surface area contributed by atoms with E-state index >= 15 is 0 Å². The number of anilines is 2. The van der Waals surface area contributed by atoms with Crippen LogP contribution in [-0.4, -0.2) is 30.7 Å². The van der Waals surface area contributed by atoms with E-state index in [2.05, 4.69) is 10.3 Å². The minimum Gasteiger partial charge on any atom is -0.494 e. The van der Waals surface area contributed by atoms with Crippen molar-refractivity contribution in [1.82, 2.24) is 24.1 Å². The van der Waals surface area contributed by atoms with Crippen molar-refractivity contribution in [1.29, 1.82) is 0 Å². The molecule has 0 atom stereocenters. The van der Waals surface area contributed by atoms with Crippen LogP contribution in [0.4, 0.5) is 11.5 Å². The molecule has 160 valence electrons. The minimum atomic E-state index is -0.0649. The van der Waals surface area contributed by atoms with Crippen LogP contribution < -0.4 is 15.7 Å². The van der Waals surface area contributed by atoms with Crippen LogP contribution in [0, 0.1) is 0 Å². The first-order valence-electron chi connectivity index (χ1n) is 10.3. The van der Waals surface area contributed by atoms with Crippen molar-refractivity contribution in [2.45, 2.75) is 6.92 Å². The van der Waals surface area contributed by atoms with E-state index in [0.717, 1.165) is 38.9 Å². The Labute approximate surface area is 184 Å². The van der Waals surface area contributed by atoms with E-state index in [0.29, 0.717) is 18.2 Å². The molecule has 0 bridgehead atoms. The van der Waals surface area contributed by atoms with Crippen molar-refractivity contribution >= 4 is 33.4 Å². The third-order valence-corrected chi connectivity index (χ3v) is 5.43. The van der Waals surface area contributed by atoms with Gasteiger partial charge < -0.3 is 10.1 Å². The highest BCUT2D eigenvalue weighted by Gasteiger charge is 2.13. The van der Waals surface area contributed by atoms with E-state index in [1.54, 1.807) is 35.6 Å². The van der Waals surface area contributed by atoms with Gasteiger partial charge in [-0.15, -0.1) is 0 Å². The van der Waals surface area contributed by atoms with Gasteiger partial charge in [-0.2, -0.15) is 0 Å². The Morgan fingerprint density at radius 3 is 2.62 bits per heavy atom. The number of nitrogens with one attached hydrogen (secondary N) is 1. The molecule has 0 aliphatic rings. The van der Waals surface area contributed by atoms with Gasteiger partial charge in [-0.3, -0.25) is 14.1 Å². The Bertz CT molecular complexity index is 1500. The first kappa shape index (κ1) is 19.7. The van der Waals surface area contributed by atoms with E-state index < -0.39 is 0 Å². The molecule has 3 heterocycles. The zero-order valence-corrected chi connectivity index (χ0v) is 18.0. The normalized spacial score (nSPS) is 11.2. The summed E-state index contributed by atoms with van der Waals surface area (Å²) in [5.41, 5.74) is 4.07. The third-order valence-electron chi connectivity index (χ3n) is 5.43. The maximum atomic E-state index is 12.3. The summed E-state index contributed by atoms with van der Waals surface area (Å²) >= 11 is 0. The fourth-order valence-corrected chi connectivity index (χ4v) is 3.80. The predicted molar refractivity (Wildman–Crippen MR) is 125 cm³/mol. The summed E-state index contributed by atoms with van der Waals surface area (Å²) in [4.78, 5) is 26.0. The van der Waals surface area contributed by atoms with Crippen LogP contribution in [0.15, 0.2) is 65.7 Å². The highest BCUT2D eigenvalue weighted by atomic mass is 16.5. The number of hydrogen-bond acceptors (Lipinski definition) is 6. The summed E-state index contributed by atoms with van der Waals surface area (Å²) in [6.45, 7) is 2.52. The van der Waals surface area contributed by atoms with Crippen LogP contribution in [0.5, 0.6) is 5.75 Å². The fourth-order valence-electron chi connectivity index (χ4n) is 3.80. The van der Waals surface area contributed by atoms with E-state index in [9.17, 15) is 4.79 Å². The van der Waals surface area contributed by atoms with Gasteiger partial charge in [0.2, 0.25) is 0 Å². The van der Waals surface area contributed by atoms with E-state index in [1.807, 2.05) is 55.5 Å². The second-order valence-corrected chi connectivity index (χ2v) is 7.48. The van der Waals surface area contributed by atoms with Crippen LogP contribution in [-0.2, 0) is 14.1 Å². The van der Waals surface area contributed by atoms with Gasteiger partial charge in [0.1, 0.15) is 11.6 Å². The molecule has 8 nitrogen and oxygen atoms in total. The first-order chi connectivity index (χ1) is 15.5. The van der Waals surface area contributed by atoms with Gasteiger partial charge in [-0.05, 0) is 55.5 Å². The van der Waals surface area contributed by atoms with Crippen molar-refractivity contribution in [2.75, 3.05) is 11.9 Å². The first-order valence-corrected chi connectivity index (χ1v) is 10.3. The quantitative estimate of drug-likeness (QED) is 0.457. The maximum absolute atomic E-state index is 12.3. The molecule has 1 N–H and O–H groups in total. The molecule has 0 radical (unpaired) electrons. The standard InChI is InChI=1S/C24H22N6O2/c1-4-32-17-8-9-19-18(13-17)23(28-22(27-19)15-6-5-11-25-14-15)26-16-7-10-20-21(12-16)30(3)24(31)29(20)2/h5-14H,4H2,1-3H3,(H,26,27,28). The number of ether oxygens (including phenoxy) is 1. The monoisotopic (exact) mass is 426 g/mol. The van der Waals surface area contributed by atoms with Gasteiger partial charge in [-0.1, -0.05) is 0 Å². The average Bonchev–Trinajstić information content (AvgIpc) is 3.03. The third kappa shape index (κ3) is 3.35. The van der Waals surface area contributed by atoms with Crippen molar-refractivity contribution in [3.8, 4) is 17.1 Å². The average molecular weight is 426 g/mol. The number of aromatic nitrogens is 5. The number of rotatable bonds is 5. The molecule has 0 saturated heterocycles. The van der Waals surface area contributed by atoms with Gasteiger partial charge in [-0.25, -0.2) is 14.8 Å². The lowest BCUT2D eigenvalue weighted by molar-refractivity contribution is 0.340. The Hall–Kier alpha value is -4.20. The maximum Gasteiger partial charge on any atom is 0.328 e. The number of imidazole rings is 1. The molecule has 0 aliphatic carbocycles. The molecule has 5 aromatic rings. The molecule has 0 aliphatic heterocycles. The molecule has 3 aromatic heterocycles. The van der Waals surface area contributed by atoms with Crippen LogP contribution >= 0.6 is 0 Å². The van der Waals surface area contributed by atoms with Gasteiger partial charge in [0.05, 0.1) is 23.2 Å². The number of benzene rings is 2. The number of pyridine rings is 1. The molecule has 0 fully saturated rings. The lowest BCUT2D eigenvalue weighted by atomic mass is 10.2. The Morgan fingerprint density at radius 1 is 1.00 bits per heavy atom. The number of hydrogen-bond donors (Lipinski definition) is 1. The SMILES string of the molecule is CCOc1ccc2nc(-c3cccnc3)nc(Nc3ccc4c(c3)n(C)c(=O)n4C)c2c1. The molecule has 5 rings (SSSR count). The van der Waals surface area contributed by atoms with Crippen LogP contribution in [0.25, 0.3) is 33.3 Å². The Kier molecular flexibility index (Phi) is 4.82. The predicted octanol–water partition coefficient (Wildman–Crippen LogP) is 4.02. The van der Waals surface area contributed by atoms with Gasteiger partial charge in [0, 0.05) is 43.1 Å². The molecule has 0 saturated carbocycles. The molecular weight excluding hydrogens is 404 g/mol. The highest BCUT2D eigenvalue weighted by Crippen LogP contribution is 2.30. The van der Waals surface area contributed by atoms with Crippen LogP contribution in [0.1, 0.15) is 6.92 Å². The molecular formula is C24H22N6O2. The molecule has 32 heavy (non-hydrogen) atoms. The van der Waals surface area contributed by atoms with E-state index in [-0.39, 0.29) is 5.69 Å². The van der Waals surface area contributed by atoms with E-state index in [4.69, 9.17) is 14.7 Å². The second-order valence-electron chi connectivity index (χ2n) is 7.48. The molecule has 8 heteroatoms. The minimum absolute atomic E-state index is 0.0649. The van der Waals surface area contributed by atoms with Crippen molar-refractivity contribution in [2.24, 2.45) is 14.1 Å². The second kappa shape index (κ2) is 7.81. The lowest BCUT2D eigenvalue weighted by Gasteiger charge is -2.13. The van der Waals surface area contributed by atoms with Crippen molar-refractivity contribution < 1.29 is 4.74 Å². The zero-order chi connectivity index (χ0) is 22.2. The molecule has 0 amide bonds. The summed E-state index contributed by atoms with van der Waals surface area (Å²) in [7, 11) is 3.54. The zero-order valence-electron chi connectivity index (χ0n) is 18.0. The molecule has 0 spiro atoms. The number of fused-ring (bicyclic) bond motifs is 2. The Balaban J connectivity index is 1.67. The van der Waals surface area contributed by atoms with Crippen molar-refractivity contribution in [3.63, 3.8) is 0 Å². The fraction of sp³-hybridized carbons (Fsp3) is 0.167. The smallest absolute Gasteiger partial charge is 0.328 e.